The summed E-state index contributed by atoms with van der Waals surface area (Å²) in [4.78, 5) is 4.65. The molecule has 86 valence electrons. The molecule has 2 nitrogen and oxygen atoms in total. The fourth-order valence-electron chi connectivity index (χ4n) is 1.69. The number of halogens is 1. The Morgan fingerprint density at radius 2 is 2.19 bits per heavy atom. The van der Waals surface area contributed by atoms with Gasteiger partial charge in [-0.25, -0.2) is 4.98 Å². The maximum atomic E-state index is 4.65. The lowest BCUT2D eigenvalue weighted by molar-refractivity contribution is 0.873. The largest absolute Gasteiger partial charge is 0.362 e. The third-order valence-corrected chi connectivity index (χ3v) is 3.86. The van der Waals surface area contributed by atoms with Crippen molar-refractivity contribution in [1.29, 1.82) is 0 Å². The van der Waals surface area contributed by atoms with Crippen LogP contribution in [0.2, 0.25) is 0 Å². The number of fused-ring (bicyclic) bond motifs is 1. The average molecular weight is 299 g/mol. The number of hydrogen-bond acceptors (Lipinski definition) is 3. The molecule has 0 radical (unpaired) electrons. The first kappa shape index (κ1) is 11.9. The molecule has 2 aromatic rings. The first-order valence-electron chi connectivity index (χ1n) is 5.45. The van der Waals surface area contributed by atoms with Crippen molar-refractivity contribution in [3.05, 3.63) is 22.2 Å². The predicted molar refractivity (Wildman–Crippen MR) is 75.6 cm³/mol. The van der Waals surface area contributed by atoms with E-state index in [4.69, 9.17) is 0 Å². The number of rotatable bonds is 3. The Morgan fingerprint density at radius 1 is 1.44 bits per heavy atom. The smallest absolute Gasteiger partial charge is 0.183 e. The molecule has 0 bridgehead atoms. The van der Waals surface area contributed by atoms with Gasteiger partial charge in [-0.3, -0.25) is 0 Å². The Kier molecular flexibility index (Phi) is 3.50. The summed E-state index contributed by atoms with van der Waals surface area (Å²) in [6, 6.07) is 4.31. The van der Waals surface area contributed by atoms with E-state index in [1.807, 2.05) is 0 Å². The van der Waals surface area contributed by atoms with Gasteiger partial charge in [0.05, 0.1) is 10.2 Å². The normalized spacial score (nSPS) is 11.3. The first-order chi connectivity index (χ1) is 7.61. The molecule has 1 heterocycles. The van der Waals surface area contributed by atoms with Gasteiger partial charge in [0.15, 0.2) is 5.13 Å². The molecule has 4 heteroatoms. The molecule has 1 aromatic heterocycles. The van der Waals surface area contributed by atoms with Gasteiger partial charge in [-0.1, -0.05) is 41.1 Å². The molecule has 1 N–H and O–H groups in total. The fraction of sp³-hybridized carbons (Fsp3) is 0.417. The van der Waals surface area contributed by atoms with Gasteiger partial charge in [0.2, 0.25) is 0 Å². The second-order valence-corrected chi connectivity index (χ2v) is 5.99. The van der Waals surface area contributed by atoms with Crippen molar-refractivity contribution in [2.75, 3.05) is 11.9 Å². The van der Waals surface area contributed by atoms with Gasteiger partial charge in [0.1, 0.15) is 0 Å². The minimum absolute atomic E-state index is 0.497. The number of benzene rings is 1. The third kappa shape index (κ3) is 2.23. The molecule has 0 spiro atoms. The van der Waals surface area contributed by atoms with Gasteiger partial charge in [-0.2, -0.15) is 0 Å². The van der Waals surface area contributed by atoms with Crippen LogP contribution in [0.4, 0.5) is 5.13 Å². The van der Waals surface area contributed by atoms with E-state index in [9.17, 15) is 0 Å². The van der Waals surface area contributed by atoms with Crippen molar-refractivity contribution in [1.82, 2.24) is 4.98 Å². The molecule has 2 rings (SSSR count). The number of hydrogen-bond donors (Lipinski definition) is 1. The highest BCUT2D eigenvalue weighted by Crippen LogP contribution is 2.34. The highest BCUT2D eigenvalue weighted by molar-refractivity contribution is 9.10. The molecule has 0 amide bonds. The van der Waals surface area contributed by atoms with Crippen LogP contribution in [-0.2, 0) is 0 Å². The molecule has 0 aliphatic rings. The predicted octanol–water partition coefficient (Wildman–Crippen LogP) is 4.61. The molecule has 0 atom stereocenters. The maximum Gasteiger partial charge on any atom is 0.183 e. The molecular formula is C12H15BrN2S. The van der Waals surface area contributed by atoms with Crippen LogP contribution < -0.4 is 5.32 Å². The Bertz CT molecular complexity index is 505. The van der Waals surface area contributed by atoms with Gasteiger partial charge in [-0.05, 0) is 30.5 Å². The zero-order valence-electron chi connectivity index (χ0n) is 9.67. The molecule has 1 aromatic carbocycles. The molecule has 0 aliphatic carbocycles. The van der Waals surface area contributed by atoms with Crippen molar-refractivity contribution in [2.45, 2.75) is 26.7 Å². The highest BCUT2D eigenvalue weighted by Gasteiger charge is 2.11. The first-order valence-corrected chi connectivity index (χ1v) is 7.06. The highest BCUT2D eigenvalue weighted by atomic mass is 79.9. The van der Waals surface area contributed by atoms with E-state index in [2.05, 4.69) is 59.1 Å². The number of nitrogens with one attached hydrogen (secondary N) is 1. The molecule has 0 aliphatic heterocycles. The summed E-state index contributed by atoms with van der Waals surface area (Å²) in [6.07, 6.45) is 0. The van der Waals surface area contributed by atoms with Crippen LogP contribution in [0.3, 0.4) is 0 Å². The monoisotopic (exact) mass is 298 g/mol. The van der Waals surface area contributed by atoms with Crippen LogP contribution in [0.1, 0.15) is 32.3 Å². The van der Waals surface area contributed by atoms with Gasteiger partial charge in [0, 0.05) is 11.0 Å². The Labute approximate surface area is 108 Å². The van der Waals surface area contributed by atoms with E-state index in [1.165, 1.54) is 10.3 Å². The van der Waals surface area contributed by atoms with Crippen molar-refractivity contribution < 1.29 is 0 Å². The summed E-state index contributed by atoms with van der Waals surface area (Å²) in [7, 11) is 0. The molecule has 0 saturated heterocycles. The summed E-state index contributed by atoms with van der Waals surface area (Å²) in [6.45, 7) is 7.41. The maximum absolute atomic E-state index is 4.65. The lowest BCUT2D eigenvalue weighted by Gasteiger charge is -2.06. The SMILES string of the molecule is CCNc1nc2c(C(C)C)cc(Br)cc2s1. The Morgan fingerprint density at radius 3 is 2.81 bits per heavy atom. The topological polar surface area (TPSA) is 24.9 Å². The molecule has 0 fully saturated rings. The second kappa shape index (κ2) is 4.72. The number of nitrogens with zero attached hydrogens (tertiary/aromatic N) is 1. The van der Waals surface area contributed by atoms with Crippen LogP contribution in [0.25, 0.3) is 10.2 Å². The van der Waals surface area contributed by atoms with Crippen LogP contribution >= 0.6 is 27.3 Å². The number of aromatic nitrogens is 1. The van der Waals surface area contributed by atoms with E-state index >= 15 is 0 Å². The average Bonchev–Trinajstić information content (AvgIpc) is 2.59. The van der Waals surface area contributed by atoms with Gasteiger partial charge < -0.3 is 5.32 Å². The van der Waals surface area contributed by atoms with Crippen molar-refractivity contribution >= 4 is 42.6 Å². The van der Waals surface area contributed by atoms with Crippen molar-refractivity contribution in [3.8, 4) is 0 Å². The van der Waals surface area contributed by atoms with E-state index in [0.29, 0.717) is 5.92 Å². The van der Waals surface area contributed by atoms with E-state index < -0.39 is 0 Å². The minimum atomic E-state index is 0.497. The molecule has 0 saturated carbocycles. The quantitative estimate of drug-likeness (QED) is 0.895. The lowest BCUT2D eigenvalue weighted by atomic mass is 10.0. The summed E-state index contributed by atoms with van der Waals surface area (Å²) in [5.74, 6) is 0.497. The Balaban J connectivity index is 2.60. The van der Waals surface area contributed by atoms with E-state index in [-0.39, 0.29) is 0 Å². The summed E-state index contributed by atoms with van der Waals surface area (Å²) in [5.41, 5.74) is 2.45. The zero-order chi connectivity index (χ0) is 11.7. The van der Waals surface area contributed by atoms with Gasteiger partial charge in [0.25, 0.3) is 0 Å². The van der Waals surface area contributed by atoms with Gasteiger partial charge in [-0.15, -0.1) is 0 Å². The van der Waals surface area contributed by atoms with Crippen LogP contribution in [0, 0.1) is 0 Å². The van der Waals surface area contributed by atoms with Gasteiger partial charge >= 0.3 is 0 Å². The third-order valence-electron chi connectivity index (χ3n) is 2.44. The molecule has 16 heavy (non-hydrogen) atoms. The van der Waals surface area contributed by atoms with E-state index in [1.54, 1.807) is 11.3 Å². The number of thiazole rings is 1. The van der Waals surface area contributed by atoms with Crippen molar-refractivity contribution in [3.63, 3.8) is 0 Å². The van der Waals surface area contributed by atoms with Crippen molar-refractivity contribution in [2.24, 2.45) is 0 Å². The standard InChI is InChI=1S/C12H15BrN2S/c1-4-14-12-15-11-9(7(2)3)5-8(13)6-10(11)16-12/h5-7H,4H2,1-3H3,(H,14,15). The summed E-state index contributed by atoms with van der Waals surface area (Å²) in [5, 5.41) is 4.29. The minimum Gasteiger partial charge on any atom is -0.362 e. The summed E-state index contributed by atoms with van der Waals surface area (Å²) >= 11 is 5.27. The lowest BCUT2D eigenvalue weighted by Crippen LogP contribution is -1.95. The fourth-order valence-corrected chi connectivity index (χ4v) is 3.32. The molecule has 0 unspecified atom stereocenters. The molecular weight excluding hydrogens is 284 g/mol. The van der Waals surface area contributed by atoms with E-state index in [0.717, 1.165) is 21.7 Å². The van der Waals surface area contributed by atoms with Crippen LogP contribution in [-0.4, -0.2) is 11.5 Å². The zero-order valence-corrected chi connectivity index (χ0v) is 12.1. The Hall–Kier alpha value is -0.610. The number of anilines is 1. The van der Waals surface area contributed by atoms with Crippen LogP contribution in [0.15, 0.2) is 16.6 Å². The summed E-state index contributed by atoms with van der Waals surface area (Å²) < 4.78 is 2.38. The van der Waals surface area contributed by atoms with Crippen LogP contribution in [0.5, 0.6) is 0 Å². The second-order valence-electron chi connectivity index (χ2n) is 4.05.